The number of carbonyl (C=O) groups is 1. The average Bonchev–Trinajstić information content (AvgIpc) is 2.42. The fourth-order valence-corrected chi connectivity index (χ4v) is 2.18. The molecule has 1 atom stereocenters. The molecule has 1 aromatic carbocycles. The van der Waals surface area contributed by atoms with E-state index in [1.54, 1.807) is 18.9 Å². The molecule has 0 saturated heterocycles. The van der Waals surface area contributed by atoms with Crippen LogP contribution >= 0.6 is 0 Å². The molecule has 1 N–H and O–H groups in total. The first-order valence-corrected chi connectivity index (χ1v) is 5.88. The predicted octanol–water partition coefficient (Wildman–Crippen LogP) is 1.24. The summed E-state index contributed by atoms with van der Waals surface area (Å²) in [6.45, 7) is 2.97. The summed E-state index contributed by atoms with van der Waals surface area (Å²) in [5, 5.41) is 9.51. The van der Waals surface area contributed by atoms with Crippen molar-refractivity contribution in [3.63, 3.8) is 0 Å². The molecule has 4 nitrogen and oxygen atoms in total. The number of benzene rings is 1. The van der Waals surface area contributed by atoms with E-state index in [1.165, 1.54) is 0 Å². The van der Waals surface area contributed by atoms with Crippen molar-refractivity contribution >= 4 is 17.3 Å². The van der Waals surface area contributed by atoms with Crippen LogP contribution in [0.4, 0.5) is 11.4 Å². The number of nitrogens with zero attached hydrogens (tertiary/aromatic N) is 2. The minimum absolute atomic E-state index is 0.116. The Morgan fingerprint density at radius 2 is 2.00 bits per heavy atom. The summed E-state index contributed by atoms with van der Waals surface area (Å²) in [7, 11) is 1.80. The normalized spacial score (nSPS) is 17.7. The number of aliphatic hydroxyl groups excluding tert-OH is 1. The summed E-state index contributed by atoms with van der Waals surface area (Å²) >= 11 is 0. The molecule has 1 heterocycles. The third kappa shape index (κ3) is 2.42. The maximum Gasteiger partial charge on any atom is 0.228 e. The van der Waals surface area contributed by atoms with Crippen molar-refractivity contribution < 1.29 is 9.90 Å². The summed E-state index contributed by atoms with van der Waals surface area (Å²) in [4.78, 5) is 15.6. The molecule has 0 fully saturated rings. The van der Waals surface area contributed by atoms with Gasteiger partial charge >= 0.3 is 0 Å². The van der Waals surface area contributed by atoms with E-state index in [2.05, 4.69) is 4.90 Å². The van der Waals surface area contributed by atoms with Gasteiger partial charge in [0.25, 0.3) is 0 Å². The number of rotatable bonds is 2. The van der Waals surface area contributed by atoms with Gasteiger partial charge in [-0.25, -0.2) is 0 Å². The molecule has 0 saturated carbocycles. The first-order chi connectivity index (χ1) is 8.09. The van der Waals surface area contributed by atoms with Gasteiger partial charge in [-0.2, -0.15) is 0 Å². The highest BCUT2D eigenvalue weighted by atomic mass is 16.3. The van der Waals surface area contributed by atoms with Crippen molar-refractivity contribution in [1.82, 2.24) is 0 Å². The molecule has 0 aliphatic carbocycles. The molecule has 0 spiro atoms. The van der Waals surface area contributed by atoms with Gasteiger partial charge in [0.15, 0.2) is 0 Å². The highest BCUT2D eigenvalue weighted by molar-refractivity contribution is 5.98. The van der Waals surface area contributed by atoms with Gasteiger partial charge in [0.2, 0.25) is 5.91 Å². The van der Waals surface area contributed by atoms with Gasteiger partial charge in [-0.15, -0.1) is 0 Å². The first kappa shape index (κ1) is 11.9. The van der Waals surface area contributed by atoms with E-state index in [-0.39, 0.29) is 5.91 Å². The molecule has 2 rings (SSSR count). The Hall–Kier alpha value is -1.55. The molecule has 92 valence electrons. The van der Waals surface area contributed by atoms with Gasteiger partial charge < -0.3 is 14.9 Å². The van der Waals surface area contributed by atoms with Crippen molar-refractivity contribution in [3.8, 4) is 0 Å². The molecule has 0 radical (unpaired) electrons. The van der Waals surface area contributed by atoms with E-state index in [0.29, 0.717) is 19.5 Å². The highest BCUT2D eigenvalue weighted by Crippen LogP contribution is 2.31. The van der Waals surface area contributed by atoms with Gasteiger partial charge in [-0.3, -0.25) is 4.79 Å². The van der Waals surface area contributed by atoms with Gasteiger partial charge in [0.1, 0.15) is 0 Å². The summed E-state index contributed by atoms with van der Waals surface area (Å²) in [5.41, 5.74) is 1.93. The molecule has 1 aliphatic heterocycles. The Balaban J connectivity index is 2.38. The third-order valence-electron chi connectivity index (χ3n) is 3.04. The predicted molar refractivity (Wildman–Crippen MR) is 68.4 cm³/mol. The van der Waals surface area contributed by atoms with Gasteiger partial charge in [0, 0.05) is 26.6 Å². The maximum absolute atomic E-state index is 11.8. The number of para-hydroxylation sites is 2. The second-order valence-corrected chi connectivity index (χ2v) is 4.49. The fraction of sp³-hybridized carbons (Fsp3) is 0.462. The number of amides is 1. The summed E-state index contributed by atoms with van der Waals surface area (Å²) in [6.07, 6.45) is 0.0827. The Morgan fingerprint density at radius 1 is 1.35 bits per heavy atom. The molecule has 4 heteroatoms. The number of fused-ring (bicyclic) bond motifs is 1. The standard InChI is InChI=1S/C13H18N2O2/c1-10(16)9-15-8-7-13(17)14(2)11-5-3-4-6-12(11)15/h3-6,10,16H,7-9H2,1-2H3. The Bertz CT molecular complexity index is 418. The molecule has 1 aromatic rings. The summed E-state index contributed by atoms with van der Waals surface area (Å²) in [6, 6.07) is 7.81. The van der Waals surface area contributed by atoms with E-state index >= 15 is 0 Å². The van der Waals surface area contributed by atoms with E-state index in [9.17, 15) is 9.90 Å². The number of aliphatic hydroxyl groups is 1. The minimum Gasteiger partial charge on any atom is -0.392 e. The Morgan fingerprint density at radius 3 is 2.65 bits per heavy atom. The number of β-amino-alcohol motifs (C(OH)–C–C–N with tert-alkyl or cyclic N) is 1. The highest BCUT2D eigenvalue weighted by Gasteiger charge is 2.23. The van der Waals surface area contributed by atoms with Crippen LogP contribution in [0.15, 0.2) is 24.3 Å². The Kier molecular flexibility index (Phi) is 3.33. The SMILES string of the molecule is CC(O)CN1CCC(=O)N(C)c2ccccc21. The lowest BCUT2D eigenvalue weighted by molar-refractivity contribution is -0.118. The monoisotopic (exact) mass is 234 g/mol. The number of hydrogen-bond donors (Lipinski definition) is 1. The van der Waals surface area contributed by atoms with Crippen LogP contribution in [0.1, 0.15) is 13.3 Å². The van der Waals surface area contributed by atoms with Crippen LogP contribution in [-0.4, -0.2) is 37.3 Å². The van der Waals surface area contributed by atoms with Crippen LogP contribution in [0.25, 0.3) is 0 Å². The molecule has 0 aromatic heterocycles. The summed E-state index contributed by atoms with van der Waals surface area (Å²) < 4.78 is 0. The van der Waals surface area contributed by atoms with Crippen molar-refractivity contribution in [2.24, 2.45) is 0 Å². The average molecular weight is 234 g/mol. The third-order valence-corrected chi connectivity index (χ3v) is 3.04. The first-order valence-electron chi connectivity index (χ1n) is 5.88. The zero-order valence-corrected chi connectivity index (χ0v) is 10.3. The van der Waals surface area contributed by atoms with Gasteiger partial charge in [-0.1, -0.05) is 12.1 Å². The van der Waals surface area contributed by atoms with E-state index in [0.717, 1.165) is 11.4 Å². The molecule has 1 unspecified atom stereocenters. The lowest BCUT2D eigenvalue weighted by Crippen LogP contribution is -2.31. The second-order valence-electron chi connectivity index (χ2n) is 4.49. The second kappa shape index (κ2) is 4.75. The maximum atomic E-state index is 11.8. The number of carbonyl (C=O) groups excluding carboxylic acids is 1. The zero-order valence-electron chi connectivity index (χ0n) is 10.3. The molecule has 1 amide bonds. The van der Waals surface area contributed by atoms with Crippen LogP contribution in [-0.2, 0) is 4.79 Å². The van der Waals surface area contributed by atoms with Crippen LogP contribution in [0.5, 0.6) is 0 Å². The lowest BCUT2D eigenvalue weighted by atomic mass is 10.2. The zero-order chi connectivity index (χ0) is 12.4. The van der Waals surface area contributed by atoms with E-state index < -0.39 is 6.10 Å². The Labute approximate surface area is 101 Å². The van der Waals surface area contributed by atoms with Crippen LogP contribution in [0.2, 0.25) is 0 Å². The van der Waals surface area contributed by atoms with Crippen LogP contribution in [0, 0.1) is 0 Å². The van der Waals surface area contributed by atoms with E-state index in [1.807, 2.05) is 24.3 Å². The van der Waals surface area contributed by atoms with Gasteiger partial charge in [0.05, 0.1) is 17.5 Å². The summed E-state index contributed by atoms with van der Waals surface area (Å²) in [5.74, 6) is 0.116. The van der Waals surface area contributed by atoms with Crippen LogP contribution < -0.4 is 9.80 Å². The fourth-order valence-electron chi connectivity index (χ4n) is 2.18. The lowest BCUT2D eigenvalue weighted by Gasteiger charge is -2.26. The van der Waals surface area contributed by atoms with Crippen molar-refractivity contribution in [1.29, 1.82) is 0 Å². The number of anilines is 2. The van der Waals surface area contributed by atoms with Crippen molar-refractivity contribution in [2.45, 2.75) is 19.4 Å². The van der Waals surface area contributed by atoms with Gasteiger partial charge in [-0.05, 0) is 19.1 Å². The van der Waals surface area contributed by atoms with Crippen LogP contribution in [0.3, 0.4) is 0 Å². The van der Waals surface area contributed by atoms with Crippen molar-refractivity contribution in [3.05, 3.63) is 24.3 Å². The molecule has 17 heavy (non-hydrogen) atoms. The smallest absolute Gasteiger partial charge is 0.228 e. The largest absolute Gasteiger partial charge is 0.392 e. The molecule has 0 bridgehead atoms. The van der Waals surface area contributed by atoms with E-state index in [4.69, 9.17) is 0 Å². The molecular formula is C13H18N2O2. The molecular weight excluding hydrogens is 216 g/mol. The van der Waals surface area contributed by atoms with Crippen molar-refractivity contribution in [2.75, 3.05) is 29.9 Å². The minimum atomic E-state index is -0.401. The quantitative estimate of drug-likeness (QED) is 0.837. The number of hydrogen-bond acceptors (Lipinski definition) is 3. The molecule has 1 aliphatic rings. The topological polar surface area (TPSA) is 43.8 Å².